The molecule has 0 amide bonds. The molecule has 0 aromatic carbocycles. The largest absolute Gasteiger partial charge is 0.434 e. The molecule has 128 valence electrons. The lowest BCUT2D eigenvalue weighted by Gasteiger charge is -2.21. The lowest BCUT2D eigenvalue weighted by molar-refractivity contribution is -0.141. The molecule has 1 N–H and O–H groups in total. The molecule has 1 aromatic rings. The fourth-order valence-electron chi connectivity index (χ4n) is 1.82. The molecule has 0 aliphatic heterocycles. The van der Waals surface area contributed by atoms with Crippen LogP contribution >= 0.6 is 25.3 Å². The molecule has 0 atom stereocenters. The Hall–Kier alpha value is -1.36. The van der Waals surface area contributed by atoms with Gasteiger partial charge in [0.1, 0.15) is 5.69 Å². The van der Waals surface area contributed by atoms with Crippen molar-refractivity contribution in [1.82, 2.24) is 4.98 Å². The van der Waals surface area contributed by atoms with Crippen LogP contribution in [-0.2, 0) is 6.18 Å². The van der Waals surface area contributed by atoms with Crippen molar-refractivity contribution in [3.8, 4) is 0 Å². The molecule has 0 fully saturated rings. The van der Waals surface area contributed by atoms with Gasteiger partial charge in [0.15, 0.2) is 5.69 Å². The number of aromatic nitrogens is 1. The zero-order valence-corrected chi connectivity index (χ0v) is 13.5. The first-order valence-corrected chi connectivity index (χ1v) is 6.93. The van der Waals surface area contributed by atoms with E-state index in [1.54, 1.807) is 0 Å². The summed E-state index contributed by atoms with van der Waals surface area (Å²) >= 11 is 6.74. The number of rotatable bonds is 5. The van der Waals surface area contributed by atoms with Crippen LogP contribution in [0.2, 0.25) is 0 Å². The van der Waals surface area contributed by atoms with Gasteiger partial charge in [-0.3, -0.25) is 9.59 Å². The van der Waals surface area contributed by atoms with Crippen molar-refractivity contribution in [2.45, 2.75) is 32.5 Å². The molecule has 23 heavy (non-hydrogen) atoms. The standard InChI is InChI=1S/C12H11F5N2O2S2/c1-3(2)18-6-4(10(20)22)7(9(13)14)19-8(12(15,16)17)5(6)11(21)23/h3,9H,1-2H3,(H,18,19)(H,20,22)(H,21,23). The van der Waals surface area contributed by atoms with Crippen LogP contribution in [0.4, 0.5) is 27.6 Å². The fraction of sp³-hybridized carbons (Fsp3) is 0.417. The first-order chi connectivity index (χ1) is 10.4. The van der Waals surface area contributed by atoms with Crippen LogP contribution in [0.15, 0.2) is 0 Å². The monoisotopic (exact) mass is 374 g/mol. The van der Waals surface area contributed by atoms with Gasteiger partial charge >= 0.3 is 6.18 Å². The molecule has 11 heteroatoms. The molecule has 0 saturated carbocycles. The minimum atomic E-state index is -5.19. The van der Waals surface area contributed by atoms with Crippen LogP contribution < -0.4 is 5.32 Å². The fourth-order valence-corrected chi connectivity index (χ4v) is 2.27. The third-order valence-electron chi connectivity index (χ3n) is 2.56. The molecule has 0 unspecified atom stereocenters. The van der Waals surface area contributed by atoms with Crippen LogP contribution in [0.1, 0.15) is 52.4 Å². The molecule has 0 saturated heterocycles. The second kappa shape index (κ2) is 7.04. The Bertz CT molecular complexity index is 647. The highest BCUT2D eigenvalue weighted by molar-refractivity contribution is 7.97. The molecule has 0 radical (unpaired) electrons. The van der Waals surface area contributed by atoms with Gasteiger partial charge in [-0.05, 0) is 13.8 Å². The number of alkyl halides is 5. The second-order valence-electron chi connectivity index (χ2n) is 4.68. The summed E-state index contributed by atoms with van der Waals surface area (Å²) in [6.07, 6.45) is -8.66. The maximum absolute atomic E-state index is 13.1. The van der Waals surface area contributed by atoms with Gasteiger partial charge in [-0.2, -0.15) is 13.2 Å². The van der Waals surface area contributed by atoms with Gasteiger partial charge in [-0.1, -0.05) is 0 Å². The maximum atomic E-state index is 13.1. The van der Waals surface area contributed by atoms with Crippen molar-refractivity contribution in [1.29, 1.82) is 0 Å². The Morgan fingerprint density at radius 1 is 1.09 bits per heavy atom. The molecule has 0 aliphatic carbocycles. The average molecular weight is 374 g/mol. The lowest BCUT2D eigenvalue weighted by Crippen LogP contribution is -2.23. The molecule has 1 heterocycles. The quantitative estimate of drug-likeness (QED) is 0.539. The number of nitrogens with one attached hydrogen (secondary N) is 1. The number of thiol groups is 2. The third kappa shape index (κ3) is 4.34. The van der Waals surface area contributed by atoms with Gasteiger partial charge in [-0.15, -0.1) is 25.3 Å². The first kappa shape index (κ1) is 19.7. The highest BCUT2D eigenvalue weighted by Crippen LogP contribution is 2.40. The summed E-state index contributed by atoms with van der Waals surface area (Å²) in [5, 5.41) is -0.221. The summed E-state index contributed by atoms with van der Waals surface area (Å²) in [6.45, 7) is 2.96. The topological polar surface area (TPSA) is 59.1 Å². The van der Waals surface area contributed by atoms with E-state index >= 15 is 0 Å². The van der Waals surface area contributed by atoms with E-state index in [4.69, 9.17) is 0 Å². The molecule has 0 aliphatic rings. The van der Waals surface area contributed by atoms with Crippen LogP contribution in [0.25, 0.3) is 0 Å². The Morgan fingerprint density at radius 3 is 1.87 bits per heavy atom. The number of anilines is 1. The second-order valence-corrected chi connectivity index (χ2v) is 5.49. The summed E-state index contributed by atoms with van der Waals surface area (Å²) in [6, 6.07) is -0.568. The maximum Gasteiger partial charge on any atom is 0.434 e. The molecular formula is C12H11F5N2O2S2. The van der Waals surface area contributed by atoms with E-state index in [1.165, 1.54) is 13.8 Å². The average Bonchev–Trinajstić information content (AvgIpc) is 2.34. The molecule has 4 nitrogen and oxygen atoms in total. The molecular weight excluding hydrogens is 363 g/mol. The van der Waals surface area contributed by atoms with Gasteiger partial charge in [0.25, 0.3) is 6.43 Å². The summed E-state index contributed by atoms with van der Waals surface area (Å²) in [5.41, 5.74) is -5.94. The van der Waals surface area contributed by atoms with Crippen LogP contribution in [-0.4, -0.2) is 21.3 Å². The lowest BCUT2D eigenvalue weighted by atomic mass is 10.0. The molecule has 1 rings (SSSR count). The van der Waals surface area contributed by atoms with Crippen LogP contribution in [0.3, 0.4) is 0 Å². The van der Waals surface area contributed by atoms with Crippen molar-refractivity contribution >= 4 is 41.2 Å². The van der Waals surface area contributed by atoms with E-state index in [-0.39, 0.29) is 0 Å². The predicted octanol–water partition coefficient (Wildman–Crippen LogP) is 4.00. The minimum Gasteiger partial charge on any atom is -0.382 e. The zero-order valence-electron chi connectivity index (χ0n) is 11.7. The van der Waals surface area contributed by atoms with E-state index < -0.39 is 57.1 Å². The van der Waals surface area contributed by atoms with Gasteiger partial charge in [0.05, 0.1) is 16.8 Å². The number of nitrogens with zero attached hydrogens (tertiary/aromatic N) is 1. The van der Waals surface area contributed by atoms with Crippen molar-refractivity contribution < 1.29 is 31.5 Å². The van der Waals surface area contributed by atoms with Crippen molar-refractivity contribution in [3.63, 3.8) is 0 Å². The number of carbonyl (C=O) groups excluding carboxylic acids is 2. The number of carbonyl (C=O) groups is 2. The van der Waals surface area contributed by atoms with Gasteiger partial charge < -0.3 is 5.32 Å². The van der Waals surface area contributed by atoms with Gasteiger partial charge in [0, 0.05) is 6.04 Å². The Labute approximate surface area is 138 Å². The highest BCUT2D eigenvalue weighted by atomic mass is 32.1. The highest BCUT2D eigenvalue weighted by Gasteiger charge is 2.41. The van der Waals surface area contributed by atoms with E-state index in [2.05, 4.69) is 35.6 Å². The van der Waals surface area contributed by atoms with E-state index in [0.717, 1.165) is 0 Å². The zero-order chi connectivity index (χ0) is 18.1. The number of pyridine rings is 1. The SMILES string of the molecule is CC(C)Nc1c(C(=O)S)c(C(F)F)nc(C(F)(F)F)c1C(=O)S. The van der Waals surface area contributed by atoms with Crippen molar-refractivity contribution in [3.05, 3.63) is 22.5 Å². The van der Waals surface area contributed by atoms with E-state index in [9.17, 15) is 31.5 Å². The number of hydrogen-bond acceptors (Lipinski definition) is 4. The first-order valence-electron chi connectivity index (χ1n) is 6.04. The summed E-state index contributed by atoms with van der Waals surface area (Å²) in [4.78, 5) is 25.9. The molecule has 0 spiro atoms. The third-order valence-corrected chi connectivity index (χ3v) is 3.01. The smallest absolute Gasteiger partial charge is 0.382 e. The summed E-state index contributed by atoms with van der Waals surface area (Å²) < 4.78 is 65.3. The predicted molar refractivity (Wildman–Crippen MR) is 79.6 cm³/mol. The Morgan fingerprint density at radius 2 is 1.57 bits per heavy atom. The normalized spacial score (nSPS) is 12.0. The van der Waals surface area contributed by atoms with E-state index in [0.29, 0.717) is 0 Å². The Kier molecular flexibility index (Phi) is 6.02. The summed E-state index contributed by atoms with van der Waals surface area (Å²) in [7, 11) is 0. The van der Waals surface area contributed by atoms with E-state index in [1.807, 2.05) is 0 Å². The molecule has 1 aromatic heterocycles. The molecule has 0 bridgehead atoms. The Balaban J connectivity index is 4.00. The van der Waals surface area contributed by atoms with Crippen LogP contribution in [0.5, 0.6) is 0 Å². The van der Waals surface area contributed by atoms with Gasteiger partial charge in [0.2, 0.25) is 10.2 Å². The minimum absolute atomic E-state index is 0.568. The number of hydrogen-bond donors (Lipinski definition) is 3. The van der Waals surface area contributed by atoms with Crippen LogP contribution in [0, 0.1) is 0 Å². The van der Waals surface area contributed by atoms with Crippen molar-refractivity contribution in [2.75, 3.05) is 5.32 Å². The van der Waals surface area contributed by atoms with Gasteiger partial charge in [-0.25, -0.2) is 13.8 Å². The summed E-state index contributed by atoms with van der Waals surface area (Å²) in [5.74, 6) is 0. The number of halogens is 5. The van der Waals surface area contributed by atoms with Crippen molar-refractivity contribution in [2.24, 2.45) is 0 Å².